The Morgan fingerprint density at radius 1 is 1.30 bits per heavy atom. The van der Waals surface area contributed by atoms with Crippen molar-refractivity contribution in [1.29, 1.82) is 0 Å². The van der Waals surface area contributed by atoms with Crippen LogP contribution in [0, 0.1) is 0 Å². The van der Waals surface area contributed by atoms with Gasteiger partial charge in [0.15, 0.2) is 5.96 Å². The number of nitrogens with zero attached hydrogens (tertiary/aromatic N) is 2. The van der Waals surface area contributed by atoms with Crippen molar-refractivity contribution in [2.24, 2.45) is 4.99 Å². The molecule has 2 heterocycles. The molecule has 0 spiro atoms. The Morgan fingerprint density at radius 2 is 2.11 bits per heavy atom. The van der Waals surface area contributed by atoms with E-state index in [4.69, 9.17) is 30.8 Å². The molecule has 1 aromatic rings. The average molecular weight is 510 g/mol. The number of nitrogens with one attached hydrogen (secondary N) is 1. The summed E-state index contributed by atoms with van der Waals surface area (Å²) < 4.78 is 17.4. The maximum absolute atomic E-state index is 6.11. The number of benzene rings is 1. The van der Waals surface area contributed by atoms with Gasteiger partial charge in [0.1, 0.15) is 18.5 Å². The Balaban J connectivity index is 0.00000261. The minimum Gasteiger partial charge on any atom is -0.490 e. The van der Waals surface area contributed by atoms with Gasteiger partial charge in [0.2, 0.25) is 0 Å². The molecule has 152 valence electrons. The minimum absolute atomic E-state index is 0. The molecule has 2 aliphatic rings. The van der Waals surface area contributed by atoms with Crippen LogP contribution in [0.4, 0.5) is 0 Å². The lowest BCUT2D eigenvalue weighted by Gasteiger charge is -2.37. The van der Waals surface area contributed by atoms with Crippen molar-refractivity contribution in [3.8, 4) is 5.75 Å². The quantitative estimate of drug-likeness (QED) is 0.276. The number of guanidine groups is 1. The van der Waals surface area contributed by atoms with Gasteiger partial charge in [-0.1, -0.05) is 23.7 Å². The van der Waals surface area contributed by atoms with Crippen LogP contribution in [0.15, 0.2) is 29.3 Å². The van der Waals surface area contributed by atoms with E-state index in [1.54, 1.807) is 0 Å². The number of para-hydroxylation sites is 1. The molecule has 2 saturated heterocycles. The number of morpholine rings is 1. The van der Waals surface area contributed by atoms with E-state index >= 15 is 0 Å². The highest BCUT2D eigenvalue weighted by atomic mass is 127. The Labute approximate surface area is 183 Å². The summed E-state index contributed by atoms with van der Waals surface area (Å²) in [6, 6.07) is 7.49. The summed E-state index contributed by atoms with van der Waals surface area (Å²) in [4.78, 5) is 6.97. The number of hydrogen-bond acceptors (Lipinski definition) is 4. The molecular formula is C19H29ClIN3O3. The molecule has 8 heteroatoms. The molecule has 0 bridgehead atoms. The van der Waals surface area contributed by atoms with Gasteiger partial charge in [-0.3, -0.25) is 0 Å². The van der Waals surface area contributed by atoms with Crippen LogP contribution < -0.4 is 10.1 Å². The third-order valence-electron chi connectivity index (χ3n) is 4.55. The van der Waals surface area contributed by atoms with Crippen molar-refractivity contribution in [2.45, 2.75) is 32.0 Å². The second-order valence-electron chi connectivity index (χ2n) is 6.42. The van der Waals surface area contributed by atoms with E-state index in [2.05, 4.69) is 17.1 Å². The van der Waals surface area contributed by atoms with Gasteiger partial charge >= 0.3 is 0 Å². The zero-order valence-electron chi connectivity index (χ0n) is 15.7. The van der Waals surface area contributed by atoms with Crippen molar-refractivity contribution in [1.82, 2.24) is 10.2 Å². The predicted molar refractivity (Wildman–Crippen MR) is 119 cm³/mol. The zero-order valence-corrected chi connectivity index (χ0v) is 18.8. The van der Waals surface area contributed by atoms with Gasteiger partial charge in [-0.05, 0) is 31.9 Å². The first-order chi connectivity index (χ1) is 12.8. The zero-order chi connectivity index (χ0) is 18.2. The second kappa shape index (κ2) is 11.9. The molecule has 0 saturated carbocycles. The molecule has 3 rings (SSSR count). The van der Waals surface area contributed by atoms with Gasteiger partial charge in [-0.15, -0.1) is 24.0 Å². The lowest BCUT2D eigenvalue weighted by atomic mass is 10.1. The smallest absolute Gasteiger partial charge is 0.194 e. The minimum atomic E-state index is 0. The number of halogens is 2. The Morgan fingerprint density at radius 3 is 2.85 bits per heavy atom. The van der Waals surface area contributed by atoms with E-state index in [9.17, 15) is 0 Å². The third kappa shape index (κ3) is 6.66. The fourth-order valence-electron chi connectivity index (χ4n) is 3.28. The first kappa shape index (κ1) is 22.5. The first-order valence-electron chi connectivity index (χ1n) is 9.41. The summed E-state index contributed by atoms with van der Waals surface area (Å²) >= 11 is 6.11. The molecule has 1 N–H and O–H groups in total. The summed E-state index contributed by atoms with van der Waals surface area (Å²) in [6.45, 7) is 7.14. The van der Waals surface area contributed by atoms with Gasteiger partial charge in [0, 0.05) is 26.2 Å². The van der Waals surface area contributed by atoms with E-state index in [1.807, 2.05) is 24.3 Å². The van der Waals surface area contributed by atoms with E-state index in [1.165, 1.54) is 0 Å². The van der Waals surface area contributed by atoms with Gasteiger partial charge in [-0.25, -0.2) is 4.99 Å². The highest BCUT2D eigenvalue weighted by molar-refractivity contribution is 14.0. The molecule has 2 atom stereocenters. The van der Waals surface area contributed by atoms with E-state index < -0.39 is 0 Å². The fraction of sp³-hybridized carbons (Fsp3) is 0.632. The maximum Gasteiger partial charge on any atom is 0.194 e. The van der Waals surface area contributed by atoms with Crippen LogP contribution in [0.5, 0.6) is 5.75 Å². The fourth-order valence-corrected chi connectivity index (χ4v) is 3.47. The van der Waals surface area contributed by atoms with Crippen molar-refractivity contribution < 1.29 is 14.2 Å². The van der Waals surface area contributed by atoms with E-state index in [0.717, 1.165) is 45.0 Å². The van der Waals surface area contributed by atoms with Crippen LogP contribution in [0.2, 0.25) is 5.02 Å². The predicted octanol–water partition coefficient (Wildman–Crippen LogP) is 3.18. The summed E-state index contributed by atoms with van der Waals surface area (Å²) in [5, 5.41) is 3.99. The molecule has 2 unspecified atom stereocenters. The highest BCUT2D eigenvalue weighted by Gasteiger charge is 2.32. The molecule has 0 aliphatic carbocycles. The van der Waals surface area contributed by atoms with Crippen LogP contribution in [-0.4, -0.2) is 69.1 Å². The first-order valence-corrected chi connectivity index (χ1v) is 9.79. The van der Waals surface area contributed by atoms with E-state index in [0.29, 0.717) is 30.5 Å². The average Bonchev–Trinajstić information content (AvgIpc) is 3.20. The van der Waals surface area contributed by atoms with Crippen LogP contribution >= 0.6 is 35.6 Å². The van der Waals surface area contributed by atoms with Gasteiger partial charge in [0.05, 0.1) is 24.3 Å². The standard InChI is InChI=1S/C19H28ClN3O3.HI/c1-2-21-19(22-9-12-25-16-7-4-3-6-15(16)20)23-10-13-26-18(14-23)17-8-5-11-24-17;/h3-4,6-7,17-18H,2,5,8-14H2,1H3,(H,21,22);1H. The topological polar surface area (TPSA) is 55.3 Å². The summed E-state index contributed by atoms with van der Waals surface area (Å²) in [7, 11) is 0. The van der Waals surface area contributed by atoms with Crippen LogP contribution in [0.3, 0.4) is 0 Å². The highest BCUT2D eigenvalue weighted by Crippen LogP contribution is 2.23. The molecule has 2 fully saturated rings. The van der Waals surface area contributed by atoms with Crippen molar-refractivity contribution in [3.05, 3.63) is 29.3 Å². The second-order valence-corrected chi connectivity index (χ2v) is 6.83. The SMILES string of the molecule is CCNC(=NCCOc1ccccc1Cl)N1CCOC(C2CCCO2)C1.I. The van der Waals surface area contributed by atoms with Crippen molar-refractivity contribution >= 4 is 41.5 Å². The Kier molecular flexibility index (Phi) is 9.95. The van der Waals surface area contributed by atoms with Crippen LogP contribution in [-0.2, 0) is 9.47 Å². The molecule has 0 amide bonds. The van der Waals surface area contributed by atoms with E-state index in [-0.39, 0.29) is 36.2 Å². The lowest BCUT2D eigenvalue weighted by Crippen LogP contribution is -2.53. The summed E-state index contributed by atoms with van der Waals surface area (Å²) in [5.41, 5.74) is 0. The number of ether oxygens (including phenoxy) is 3. The number of aliphatic imine (C=N–C) groups is 1. The summed E-state index contributed by atoms with van der Waals surface area (Å²) in [5.74, 6) is 1.60. The number of rotatable bonds is 6. The number of hydrogen-bond donors (Lipinski definition) is 1. The summed E-state index contributed by atoms with van der Waals surface area (Å²) in [6.07, 6.45) is 2.54. The molecule has 0 aromatic heterocycles. The van der Waals surface area contributed by atoms with Gasteiger partial charge in [-0.2, -0.15) is 0 Å². The molecule has 0 radical (unpaired) electrons. The molecule has 1 aromatic carbocycles. The van der Waals surface area contributed by atoms with Crippen LogP contribution in [0.25, 0.3) is 0 Å². The third-order valence-corrected chi connectivity index (χ3v) is 4.87. The lowest BCUT2D eigenvalue weighted by molar-refractivity contribution is -0.0817. The van der Waals surface area contributed by atoms with Gasteiger partial charge < -0.3 is 24.4 Å². The molecular weight excluding hydrogens is 481 g/mol. The van der Waals surface area contributed by atoms with Crippen molar-refractivity contribution in [2.75, 3.05) is 46.0 Å². The monoisotopic (exact) mass is 509 g/mol. The maximum atomic E-state index is 6.11. The Bertz CT molecular complexity index is 599. The molecule has 6 nitrogen and oxygen atoms in total. The van der Waals surface area contributed by atoms with Crippen molar-refractivity contribution in [3.63, 3.8) is 0 Å². The normalized spacial score (nSPS) is 23.0. The Hall–Kier alpha value is -0.770. The largest absolute Gasteiger partial charge is 0.490 e. The molecule has 27 heavy (non-hydrogen) atoms. The van der Waals surface area contributed by atoms with Gasteiger partial charge in [0.25, 0.3) is 0 Å². The molecule has 2 aliphatic heterocycles. The van der Waals surface area contributed by atoms with Crippen LogP contribution in [0.1, 0.15) is 19.8 Å².